The third-order valence-corrected chi connectivity index (χ3v) is 5.10. The zero-order valence-corrected chi connectivity index (χ0v) is 17.5. The van der Waals surface area contributed by atoms with E-state index in [1.807, 2.05) is 36.1 Å². The highest BCUT2D eigenvalue weighted by Crippen LogP contribution is 2.20. The number of nitrogens with zero attached hydrogens (tertiary/aromatic N) is 3. The monoisotopic (exact) mass is 422 g/mol. The van der Waals surface area contributed by atoms with E-state index in [0.717, 1.165) is 38.3 Å². The number of nitro groups is 1. The van der Waals surface area contributed by atoms with E-state index in [4.69, 9.17) is 0 Å². The maximum Gasteiger partial charge on any atom is 0.270 e. The highest BCUT2D eigenvalue weighted by atomic mass is 16.6. The van der Waals surface area contributed by atoms with Crippen molar-refractivity contribution >= 4 is 35.0 Å². The van der Waals surface area contributed by atoms with Crippen LogP contribution in [0, 0.1) is 10.1 Å². The van der Waals surface area contributed by atoms with Gasteiger partial charge in [0.15, 0.2) is 0 Å². The van der Waals surface area contributed by atoms with Crippen molar-refractivity contribution in [3.05, 3.63) is 70.3 Å². The lowest BCUT2D eigenvalue weighted by Gasteiger charge is -2.36. The molecule has 0 radical (unpaired) electrons. The summed E-state index contributed by atoms with van der Waals surface area (Å²) < 4.78 is 0. The van der Waals surface area contributed by atoms with E-state index in [1.54, 1.807) is 12.1 Å². The smallest absolute Gasteiger partial charge is 0.270 e. The Kier molecular flexibility index (Phi) is 7.37. The lowest BCUT2D eigenvalue weighted by atomic mass is 10.2. The summed E-state index contributed by atoms with van der Waals surface area (Å²) in [6.07, 6.45) is 4.35. The zero-order valence-electron chi connectivity index (χ0n) is 17.5. The average molecular weight is 422 g/mol. The number of amides is 2. The molecule has 0 unspecified atom stereocenters. The predicted molar refractivity (Wildman–Crippen MR) is 121 cm³/mol. The van der Waals surface area contributed by atoms with Gasteiger partial charge in [-0.25, -0.2) is 0 Å². The van der Waals surface area contributed by atoms with E-state index in [0.29, 0.717) is 17.7 Å². The van der Waals surface area contributed by atoms with Crippen molar-refractivity contribution in [3.63, 3.8) is 0 Å². The Morgan fingerprint density at radius 3 is 2.45 bits per heavy atom. The van der Waals surface area contributed by atoms with Gasteiger partial charge in [-0.15, -0.1) is 0 Å². The minimum atomic E-state index is -0.470. The van der Waals surface area contributed by atoms with E-state index >= 15 is 0 Å². The van der Waals surface area contributed by atoms with Crippen molar-refractivity contribution in [2.24, 2.45) is 0 Å². The molecular weight excluding hydrogens is 396 g/mol. The number of rotatable bonds is 7. The fourth-order valence-electron chi connectivity index (χ4n) is 3.44. The van der Waals surface area contributed by atoms with E-state index in [1.165, 1.54) is 24.3 Å². The first-order chi connectivity index (χ1) is 15.0. The number of hydrogen-bond acceptors (Lipinski definition) is 5. The van der Waals surface area contributed by atoms with E-state index < -0.39 is 4.92 Å². The molecule has 1 saturated heterocycles. The molecule has 162 valence electrons. The third kappa shape index (κ3) is 6.15. The summed E-state index contributed by atoms with van der Waals surface area (Å²) in [6, 6.07) is 13.7. The van der Waals surface area contributed by atoms with Crippen molar-refractivity contribution in [2.75, 3.05) is 36.4 Å². The van der Waals surface area contributed by atoms with Crippen molar-refractivity contribution in [3.8, 4) is 0 Å². The van der Waals surface area contributed by atoms with Crippen LogP contribution >= 0.6 is 0 Å². The second-order valence-corrected chi connectivity index (χ2v) is 7.34. The number of carbonyl (C=O) groups excluding carboxylic acids is 2. The molecule has 0 aromatic heterocycles. The first kappa shape index (κ1) is 22.0. The van der Waals surface area contributed by atoms with Crippen LogP contribution in [0.3, 0.4) is 0 Å². The fourth-order valence-corrected chi connectivity index (χ4v) is 3.44. The molecule has 8 heteroatoms. The van der Waals surface area contributed by atoms with E-state index in [2.05, 4.69) is 10.2 Å². The first-order valence-electron chi connectivity index (χ1n) is 10.3. The molecule has 2 amide bonds. The SMILES string of the molecule is CCCC(=O)N1CCN(c2ccc(NC(=O)C=Cc3cccc([N+](=O)[O-])c3)cc2)CC1. The van der Waals surface area contributed by atoms with Gasteiger partial charge >= 0.3 is 0 Å². The van der Waals surface area contributed by atoms with Gasteiger partial charge in [0.05, 0.1) is 4.92 Å². The highest BCUT2D eigenvalue weighted by molar-refractivity contribution is 6.02. The Labute approximate surface area is 181 Å². The molecule has 0 bridgehead atoms. The molecule has 31 heavy (non-hydrogen) atoms. The maximum absolute atomic E-state index is 12.2. The predicted octanol–water partition coefficient (Wildman–Crippen LogP) is 3.70. The quantitative estimate of drug-likeness (QED) is 0.417. The number of non-ortho nitro benzene ring substituents is 1. The van der Waals surface area contributed by atoms with Crippen LogP contribution in [0.4, 0.5) is 17.1 Å². The highest BCUT2D eigenvalue weighted by Gasteiger charge is 2.20. The molecule has 1 heterocycles. The van der Waals surface area contributed by atoms with Crippen molar-refractivity contribution in [2.45, 2.75) is 19.8 Å². The van der Waals surface area contributed by atoms with Gasteiger partial charge in [-0.05, 0) is 42.3 Å². The van der Waals surface area contributed by atoms with E-state index in [-0.39, 0.29) is 17.5 Å². The van der Waals surface area contributed by atoms with Crippen LogP contribution in [0.5, 0.6) is 0 Å². The molecule has 0 saturated carbocycles. The fraction of sp³-hybridized carbons (Fsp3) is 0.304. The van der Waals surface area contributed by atoms with E-state index in [9.17, 15) is 19.7 Å². The molecule has 0 spiro atoms. The lowest BCUT2D eigenvalue weighted by Crippen LogP contribution is -2.48. The molecule has 3 rings (SSSR count). The summed E-state index contributed by atoms with van der Waals surface area (Å²) in [4.78, 5) is 38.7. The van der Waals surface area contributed by atoms with Crippen molar-refractivity contribution in [1.29, 1.82) is 0 Å². The molecule has 1 N–H and O–H groups in total. The third-order valence-electron chi connectivity index (χ3n) is 5.10. The first-order valence-corrected chi connectivity index (χ1v) is 10.3. The molecule has 8 nitrogen and oxygen atoms in total. The molecule has 0 atom stereocenters. The molecule has 2 aromatic rings. The largest absolute Gasteiger partial charge is 0.368 e. The van der Waals surface area contributed by atoms with Crippen LogP contribution in [0.15, 0.2) is 54.6 Å². The molecule has 2 aromatic carbocycles. The van der Waals surface area contributed by atoms with Crippen LogP contribution in [0.25, 0.3) is 6.08 Å². The average Bonchev–Trinajstić information content (AvgIpc) is 2.79. The Bertz CT molecular complexity index is 964. The second-order valence-electron chi connectivity index (χ2n) is 7.34. The van der Waals surface area contributed by atoms with Crippen molar-refractivity contribution < 1.29 is 14.5 Å². The van der Waals surface area contributed by atoms with Crippen LogP contribution in [-0.4, -0.2) is 47.8 Å². The standard InChI is InChI=1S/C23H26N4O4/c1-2-4-23(29)26-15-13-25(14-16-26)20-10-8-19(9-11-20)24-22(28)12-7-18-5-3-6-21(17-18)27(30)31/h3,5-12,17H,2,4,13-16H2,1H3,(H,24,28). The summed E-state index contributed by atoms with van der Waals surface area (Å²) in [5, 5.41) is 13.6. The molecule has 1 aliphatic rings. The topological polar surface area (TPSA) is 95.8 Å². The van der Waals surface area contributed by atoms with Gasteiger partial charge in [-0.3, -0.25) is 19.7 Å². The van der Waals surface area contributed by atoms with Crippen LogP contribution in [0.1, 0.15) is 25.3 Å². The summed E-state index contributed by atoms with van der Waals surface area (Å²) in [7, 11) is 0. The lowest BCUT2D eigenvalue weighted by molar-refractivity contribution is -0.384. The van der Waals surface area contributed by atoms with Gasteiger partial charge in [0.25, 0.3) is 5.69 Å². The zero-order chi connectivity index (χ0) is 22.2. The Morgan fingerprint density at radius 2 is 1.81 bits per heavy atom. The van der Waals surface area contributed by atoms with Gasteiger partial charge in [0, 0.05) is 62.2 Å². The maximum atomic E-state index is 12.2. The van der Waals surface area contributed by atoms with Crippen molar-refractivity contribution in [1.82, 2.24) is 4.90 Å². The van der Waals surface area contributed by atoms with Gasteiger partial charge in [-0.2, -0.15) is 0 Å². The summed E-state index contributed by atoms with van der Waals surface area (Å²) in [5.74, 6) is -0.0966. The Balaban J connectivity index is 1.52. The van der Waals surface area contributed by atoms with Crippen LogP contribution in [0.2, 0.25) is 0 Å². The Hall–Kier alpha value is -3.68. The molecule has 1 fully saturated rings. The number of anilines is 2. The number of carbonyl (C=O) groups is 2. The summed E-state index contributed by atoms with van der Waals surface area (Å²) in [6.45, 7) is 5.03. The van der Waals surface area contributed by atoms with Gasteiger partial charge in [0.1, 0.15) is 0 Å². The molecule has 1 aliphatic heterocycles. The number of benzene rings is 2. The second kappa shape index (κ2) is 10.4. The summed E-state index contributed by atoms with van der Waals surface area (Å²) >= 11 is 0. The normalized spacial score (nSPS) is 14.0. The Morgan fingerprint density at radius 1 is 1.10 bits per heavy atom. The number of nitrogens with one attached hydrogen (secondary N) is 1. The van der Waals surface area contributed by atoms with Gasteiger partial charge in [-0.1, -0.05) is 19.1 Å². The molecule has 0 aliphatic carbocycles. The van der Waals surface area contributed by atoms with Gasteiger partial charge in [0.2, 0.25) is 11.8 Å². The minimum absolute atomic E-state index is 0.0197. The number of nitro benzene ring substituents is 1. The number of piperazine rings is 1. The van der Waals surface area contributed by atoms with Crippen LogP contribution in [-0.2, 0) is 9.59 Å². The summed E-state index contributed by atoms with van der Waals surface area (Å²) in [5.41, 5.74) is 2.27. The molecular formula is C23H26N4O4. The minimum Gasteiger partial charge on any atom is -0.368 e. The van der Waals surface area contributed by atoms with Crippen LogP contribution < -0.4 is 10.2 Å². The number of hydrogen-bond donors (Lipinski definition) is 1. The van der Waals surface area contributed by atoms with Gasteiger partial charge < -0.3 is 15.1 Å².